The zero-order chi connectivity index (χ0) is 17.4. The molecular formula is C20H19ClN2O2. The van der Waals surface area contributed by atoms with Crippen LogP contribution in [0.1, 0.15) is 24.0 Å². The van der Waals surface area contributed by atoms with E-state index >= 15 is 0 Å². The van der Waals surface area contributed by atoms with E-state index in [1.54, 1.807) is 17.0 Å². The van der Waals surface area contributed by atoms with Crippen LogP contribution in [0.25, 0.3) is 0 Å². The highest BCUT2D eigenvalue weighted by Crippen LogP contribution is 2.32. The van der Waals surface area contributed by atoms with E-state index in [9.17, 15) is 9.59 Å². The van der Waals surface area contributed by atoms with Gasteiger partial charge in [0.2, 0.25) is 11.8 Å². The molecule has 1 heterocycles. The number of aryl methyl sites for hydroxylation is 2. The van der Waals surface area contributed by atoms with Crippen molar-refractivity contribution < 1.29 is 9.59 Å². The number of carbonyl (C=O) groups excluding carboxylic acids is 2. The maximum absolute atomic E-state index is 12.6. The zero-order valence-electron chi connectivity index (χ0n) is 13.8. The van der Waals surface area contributed by atoms with Gasteiger partial charge in [-0.15, -0.1) is 0 Å². The number of benzene rings is 2. The number of halogens is 1. The number of amides is 2. The second kappa shape index (κ2) is 6.52. The molecule has 0 saturated carbocycles. The largest absolute Gasteiger partial charge is 0.326 e. The van der Waals surface area contributed by atoms with Gasteiger partial charge in [0.05, 0.1) is 16.6 Å². The Kier molecular flexibility index (Phi) is 4.22. The number of nitrogens with one attached hydrogen (secondary N) is 1. The second-order valence-corrected chi connectivity index (χ2v) is 7.09. The Morgan fingerprint density at radius 1 is 1.12 bits per heavy atom. The summed E-state index contributed by atoms with van der Waals surface area (Å²) in [6.45, 7) is 0.360. The molecule has 2 aromatic rings. The molecule has 1 aliphatic heterocycles. The van der Waals surface area contributed by atoms with Crippen LogP contribution in [0.4, 0.5) is 11.4 Å². The lowest BCUT2D eigenvalue weighted by atomic mass is 10.1. The first kappa shape index (κ1) is 16.2. The number of fused-ring (bicyclic) bond motifs is 1. The predicted molar refractivity (Wildman–Crippen MR) is 99.0 cm³/mol. The molecule has 1 N–H and O–H groups in total. The number of anilines is 2. The van der Waals surface area contributed by atoms with Crippen molar-refractivity contribution in [3.05, 3.63) is 58.6 Å². The molecule has 1 aliphatic carbocycles. The van der Waals surface area contributed by atoms with E-state index in [0.717, 1.165) is 18.5 Å². The maximum atomic E-state index is 12.6. The topological polar surface area (TPSA) is 49.4 Å². The lowest BCUT2D eigenvalue weighted by molar-refractivity contribution is -0.122. The van der Waals surface area contributed by atoms with Crippen molar-refractivity contribution in [1.29, 1.82) is 0 Å². The molecule has 0 spiro atoms. The minimum atomic E-state index is -0.364. The third-order valence-electron chi connectivity index (χ3n) is 5.01. The van der Waals surface area contributed by atoms with Gasteiger partial charge in [-0.25, -0.2) is 0 Å². The van der Waals surface area contributed by atoms with Gasteiger partial charge < -0.3 is 10.2 Å². The van der Waals surface area contributed by atoms with E-state index < -0.39 is 0 Å². The summed E-state index contributed by atoms with van der Waals surface area (Å²) in [4.78, 5) is 26.5. The molecule has 4 nitrogen and oxygen atoms in total. The number of nitrogens with zero attached hydrogens (tertiary/aromatic N) is 1. The van der Waals surface area contributed by atoms with E-state index in [1.165, 1.54) is 17.5 Å². The predicted octanol–water partition coefficient (Wildman–Crippen LogP) is 3.82. The molecule has 2 amide bonds. The van der Waals surface area contributed by atoms with Crippen molar-refractivity contribution in [2.45, 2.75) is 25.7 Å². The van der Waals surface area contributed by atoms with Crippen molar-refractivity contribution in [2.75, 3.05) is 16.8 Å². The number of rotatable bonds is 3. The summed E-state index contributed by atoms with van der Waals surface area (Å²) in [6, 6.07) is 13.3. The fourth-order valence-electron chi connectivity index (χ4n) is 3.68. The van der Waals surface area contributed by atoms with Gasteiger partial charge in [0, 0.05) is 18.7 Å². The van der Waals surface area contributed by atoms with Crippen molar-refractivity contribution in [3.8, 4) is 0 Å². The highest BCUT2D eigenvalue weighted by Gasteiger charge is 2.35. The van der Waals surface area contributed by atoms with Crippen LogP contribution in [-0.4, -0.2) is 18.4 Å². The van der Waals surface area contributed by atoms with E-state index in [4.69, 9.17) is 11.6 Å². The molecule has 1 saturated heterocycles. The molecular weight excluding hydrogens is 336 g/mol. The Morgan fingerprint density at radius 3 is 2.76 bits per heavy atom. The molecule has 1 fully saturated rings. The quantitative estimate of drug-likeness (QED) is 0.910. The molecule has 2 aliphatic rings. The molecule has 0 bridgehead atoms. The van der Waals surface area contributed by atoms with Gasteiger partial charge >= 0.3 is 0 Å². The number of hydrogen-bond donors (Lipinski definition) is 1. The molecule has 0 aromatic heterocycles. The van der Waals surface area contributed by atoms with Crippen LogP contribution in [0.5, 0.6) is 0 Å². The lowest BCUT2D eigenvalue weighted by Gasteiger charge is -2.18. The van der Waals surface area contributed by atoms with Gasteiger partial charge in [-0.1, -0.05) is 29.8 Å². The first-order chi connectivity index (χ1) is 12.1. The standard InChI is InChI=1S/C20H19ClN2O2/c21-17-6-1-2-7-18(17)23-12-15(11-19(23)24)20(25)22-16-9-8-13-4-3-5-14(13)10-16/h1-2,6-10,15H,3-5,11-12H2,(H,22,25)/t15-/m0/s1. The van der Waals surface area contributed by atoms with Gasteiger partial charge in [0.15, 0.2) is 0 Å². The highest BCUT2D eigenvalue weighted by molar-refractivity contribution is 6.33. The summed E-state index contributed by atoms with van der Waals surface area (Å²) in [5, 5.41) is 3.49. The van der Waals surface area contributed by atoms with Crippen LogP contribution in [0.15, 0.2) is 42.5 Å². The van der Waals surface area contributed by atoms with Gasteiger partial charge in [0.1, 0.15) is 0 Å². The first-order valence-corrected chi connectivity index (χ1v) is 8.97. The first-order valence-electron chi connectivity index (χ1n) is 8.59. The van der Waals surface area contributed by atoms with Crippen LogP contribution < -0.4 is 10.2 Å². The normalized spacial score (nSPS) is 19.2. The van der Waals surface area contributed by atoms with Crippen LogP contribution >= 0.6 is 11.6 Å². The molecule has 0 unspecified atom stereocenters. The van der Waals surface area contributed by atoms with Crippen molar-refractivity contribution in [2.24, 2.45) is 5.92 Å². The van der Waals surface area contributed by atoms with E-state index in [-0.39, 0.29) is 24.2 Å². The van der Waals surface area contributed by atoms with Gasteiger partial charge in [-0.2, -0.15) is 0 Å². The van der Waals surface area contributed by atoms with Gasteiger partial charge in [-0.3, -0.25) is 9.59 Å². The molecule has 1 atom stereocenters. The smallest absolute Gasteiger partial charge is 0.229 e. The number of carbonyl (C=O) groups is 2. The second-order valence-electron chi connectivity index (χ2n) is 6.68. The Bertz CT molecular complexity index is 849. The van der Waals surface area contributed by atoms with Crippen molar-refractivity contribution in [3.63, 3.8) is 0 Å². The minimum absolute atomic E-state index is 0.0674. The zero-order valence-corrected chi connectivity index (χ0v) is 14.6. The summed E-state index contributed by atoms with van der Waals surface area (Å²) in [7, 11) is 0. The fraction of sp³-hybridized carbons (Fsp3) is 0.300. The lowest BCUT2D eigenvalue weighted by Crippen LogP contribution is -2.28. The van der Waals surface area contributed by atoms with Crippen LogP contribution in [0, 0.1) is 5.92 Å². The summed E-state index contributed by atoms with van der Waals surface area (Å²) in [5.41, 5.74) is 4.17. The summed E-state index contributed by atoms with van der Waals surface area (Å²) >= 11 is 6.19. The molecule has 0 radical (unpaired) electrons. The Labute approximate surface area is 151 Å². The molecule has 25 heavy (non-hydrogen) atoms. The van der Waals surface area contributed by atoms with Gasteiger partial charge in [-0.05, 0) is 54.7 Å². The van der Waals surface area contributed by atoms with Crippen LogP contribution in [0.2, 0.25) is 5.02 Å². The Morgan fingerprint density at radius 2 is 1.92 bits per heavy atom. The number of para-hydroxylation sites is 1. The van der Waals surface area contributed by atoms with Gasteiger partial charge in [0.25, 0.3) is 0 Å². The van der Waals surface area contributed by atoms with Crippen molar-refractivity contribution in [1.82, 2.24) is 0 Å². The maximum Gasteiger partial charge on any atom is 0.229 e. The Hall–Kier alpha value is -2.33. The van der Waals surface area contributed by atoms with Crippen LogP contribution in [-0.2, 0) is 22.4 Å². The third kappa shape index (κ3) is 3.14. The summed E-state index contributed by atoms with van der Waals surface area (Å²) < 4.78 is 0. The monoisotopic (exact) mass is 354 g/mol. The SMILES string of the molecule is O=C(Nc1ccc2c(c1)CCC2)[C@H]1CC(=O)N(c2ccccc2Cl)C1. The summed E-state index contributed by atoms with van der Waals surface area (Å²) in [6.07, 6.45) is 3.58. The average molecular weight is 355 g/mol. The van der Waals surface area contributed by atoms with E-state index in [0.29, 0.717) is 17.3 Å². The molecule has 128 valence electrons. The molecule has 4 rings (SSSR count). The van der Waals surface area contributed by atoms with E-state index in [1.807, 2.05) is 18.2 Å². The fourth-order valence-corrected chi connectivity index (χ4v) is 3.92. The summed E-state index contributed by atoms with van der Waals surface area (Å²) in [5.74, 6) is -0.542. The van der Waals surface area contributed by atoms with Crippen molar-refractivity contribution >= 4 is 34.8 Å². The molecule has 5 heteroatoms. The minimum Gasteiger partial charge on any atom is -0.326 e. The Balaban J connectivity index is 1.47. The number of hydrogen-bond acceptors (Lipinski definition) is 2. The average Bonchev–Trinajstić information content (AvgIpc) is 3.21. The molecule has 2 aromatic carbocycles. The third-order valence-corrected chi connectivity index (χ3v) is 5.32. The van der Waals surface area contributed by atoms with Crippen LogP contribution in [0.3, 0.4) is 0 Å². The van der Waals surface area contributed by atoms with E-state index in [2.05, 4.69) is 17.4 Å². The highest BCUT2D eigenvalue weighted by atomic mass is 35.5.